The molecule has 0 radical (unpaired) electrons. The molecule has 0 spiro atoms. The SMILES string of the molecule is Cc1ccccc1-c1nc(N)c(Cl)cc1Cl. The van der Waals surface area contributed by atoms with Gasteiger partial charge in [0.15, 0.2) is 0 Å². The van der Waals surface area contributed by atoms with Gasteiger partial charge in [-0.15, -0.1) is 0 Å². The summed E-state index contributed by atoms with van der Waals surface area (Å²) >= 11 is 11.9. The molecule has 4 heteroatoms. The van der Waals surface area contributed by atoms with Gasteiger partial charge >= 0.3 is 0 Å². The average Bonchev–Trinajstić information content (AvgIpc) is 2.25. The van der Waals surface area contributed by atoms with Crippen LogP contribution in [0.2, 0.25) is 10.0 Å². The first kappa shape index (κ1) is 11.2. The molecule has 2 aromatic rings. The Hall–Kier alpha value is -1.25. The molecule has 16 heavy (non-hydrogen) atoms. The third-order valence-electron chi connectivity index (χ3n) is 2.36. The van der Waals surface area contributed by atoms with E-state index in [9.17, 15) is 0 Å². The Balaban J connectivity index is 2.65. The summed E-state index contributed by atoms with van der Waals surface area (Å²) in [5, 5.41) is 0.885. The molecule has 0 saturated carbocycles. The Morgan fingerprint density at radius 1 is 1.12 bits per heavy atom. The second-order valence-corrected chi connectivity index (χ2v) is 4.32. The molecule has 0 atom stereocenters. The van der Waals surface area contributed by atoms with Gasteiger partial charge in [-0.1, -0.05) is 47.5 Å². The number of nitrogen functional groups attached to an aromatic ring is 1. The van der Waals surface area contributed by atoms with Gasteiger partial charge in [0.25, 0.3) is 0 Å². The number of hydrogen-bond donors (Lipinski definition) is 1. The molecule has 0 amide bonds. The van der Waals surface area contributed by atoms with E-state index in [2.05, 4.69) is 4.98 Å². The smallest absolute Gasteiger partial charge is 0.143 e. The van der Waals surface area contributed by atoms with Crippen LogP contribution in [-0.4, -0.2) is 4.98 Å². The van der Waals surface area contributed by atoms with Crippen LogP contribution in [0.25, 0.3) is 11.3 Å². The minimum atomic E-state index is 0.296. The number of aromatic nitrogens is 1. The molecule has 0 unspecified atom stereocenters. The first-order valence-electron chi connectivity index (χ1n) is 4.77. The van der Waals surface area contributed by atoms with E-state index in [1.807, 2.05) is 31.2 Å². The monoisotopic (exact) mass is 252 g/mol. The van der Waals surface area contributed by atoms with Crippen LogP contribution in [0.4, 0.5) is 5.82 Å². The maximum atomic E-state index is 6.11. The van der Waals surface area contributed by atoms with Crippen molar-refractivity contribution in [3.63, 3.8) is 0 Å². The second-order valence-electron chi connectivity index (χ2n) is 3.50. The number of anilines is 1. The van der Waals surface area contributed by atoms with Crippen molar-refractivity contribution in [1.29, 1.82) is 0 Å². The molecule has 2 rings (SSSR count). The van der Waals surface area contributed by atoms with E-state index in [1.165, 1.54) is 0 Å². The van der Waals surface area contributed by atoms with Crippen LogP contribution < -0.4 is 5.73 Å². The highest BCUT2D eigenvalue weighted by atomic mass is 35.5. The van der Waals surface area contributed by atoms with E-state index < -0.39 is 0 Å². The van der Waals surface area contributed by atoms with Crippen LogP contribution in [0, 0.1) is 6.92 Å². The fourth-order valence-electron chi connectivity index (χ4n) is 1.51. The van der Waals surface area contributed by atoms with Gasteiger partial charge in [0.1, 0.15) is 5.82 Å². The van der Waals surface area contributed by atoms with Gasteiger partial charge in [0.05, 0.1) is 15.7 Å². The van der Waals surface area contributed by atoms with Gasteiger partial charge in [-0.05, 0) is 18.6 Å². The van der Waals surface area contributed by atoms with Crippen molar-refractivity contribution in [2.75, 3.05) is 5.73 Å². The van der Waals surface area contributed by atoms with Crippen molar-refractivity contribution in [3.05, 3.63) is 45.9 Å². The summed E-state index contributed by atoms with van der Waals surface area (Å²) in [6.07, 6.45) is 0. The summed E-state index contributed by atoms with van der Waals surface area (Å²) in [6, 6.07) is 9.47. The largest absolute Gasteiger partial charge is 0.382 e. The molecule has 0 aliphatic heterocycles. The first-order chi connectivity index (χ1) is 7.59. The third kappa shape index (κ3) is 1.99. The fourth-order valence-corrected chi connectivity index (χ4v) is 1.97. The second kappa shape index (κ2) is 4.32. The quantitative estimate of drug-likeness (QED) is 0.835. The number of aryl methyl sites for hydroxylation is 1. The third-order valence-corrected chi connectivity index (χ3v) is 2.95. The molecule has 1 aromatic heterocycles. The Morgan fingerprint density at radius 3 is 2.50 bits per heavy atom. The molecular formula is C12H10Cl2N2. The van der Waals surface area contributed by atoms with E-state index in [1.54, 1.807) is 6.07 Å². The van der Waals surface area contributed by atoms with E-state index in [4.69, 9.17) is 28.9 Å². The highest BCUT2D eigenvalue weighted by Crippen LogP contribution is 2.32. The Morgan fingerprint density at radius 2 is 1.81 bits per heavy atom. The van der Waals surface area contributed by atoms with Crippen LogP contribution in [0.3, 0.4) is 0 Å². The van der Waals surface area contributed by atoms with Crippen LogP contribution in [0.15, 0.2) is 30.3 Å². The molecule has 82 valence electrons. The van der Waals surface area contributed by atoms with Crippen molar-refractivity contribution >= 4 is 29.0 Å². The van der Waals surface area contributed by atoms with E-state index >= 15 is 0 Å². The van der Waals surface area contributed by atoms with Crippen molar-refractivity contribution in [2.45, 2.75) is 6.92 Å². The maximum Gasteiger partial charge on any atom is 0.143 e. The van der Waals surface area contributed by atoms with E-state index in [0.29, 0.717) is 21.6 Å². The van der Waals surface area contributed by atoms with Gasteiger partial charge in [0.2, 0.25) is 0 Å². The molecule has 0 saturated heterocycles. The number of halogens is 2. The lowest BCUT2D eigenvalue weighted by Crippen LogP contribution is -1.95. The topological polar surface area (TPSA) is 38.9 Å². The molecule has 0 aliphatic rings. The molecule has 1 heterocycles. The van der Waals surface area contributed by atoms with E-state index in [-0.39, 0.29) is 0 Å². The number of pyridine rings is 1. The Bertz CT molecular complexity index is 539. The molecule has 2 nitrogen and oxygen atoms in total. The summed E-state index contributed by atoms with van der Waals surface area (Å²) < 4.78 is 0. The fraction of sp³-hybridized carbons (Fsp3) is 0.0833. The maximum absolute atomic E-state index is 6.11. The number of nitrogens with two attached hydrogens (primary N) is 1. The molecule has 0 bridgehead atoms. The van der Waals surface area contributed by atoms with E-state index in [0.717, 1.165) is 11.1 Å². The zero-order valence-corrected chi connectivity index (χ0v) is 10.2. The Labute approximate surface area is 104 Å². The summed E-state index contributed by atoms with van der Waals surface area (Å²) in [5.41, 5.74) is 8.41. The number of benzene rings is 1. The molecule has 2 N–H and O–H groups in total. The number of hydrogen-bond acceptors (Lipinski definition) is 2. The molecule has 1 aromatic carbocycles. The number of rotatable bonds is 1. The van der Waals surface area contributed by atoms with Gasteiger partial charge in [0, 0.05) is 5.56 Å². The van der Waals surface area contributed by atoms with Crippen molar-refractivity contribution < 1.29 is 0 Å². The minimum Gasteiger partial charge on any atom is -0.382 e. The van der Waals surface area contributed by atoms with Gasteiger partial charge < -0.3 is 5.73 Å². The van der Waals surface area contributed by atoms with Crippen molar-refractivity contribution in [3.8, 4) is 11.3 Å². The van der Waals surface area contributed by atoms with Crippen LogP contribution >= 0.6 is 23.2 Å². The van der Waals surface area contributed by atoms with Gasteiger partial charge in [-0.3, -0.25) is 0 Å². The zero-order valence-electron chi connectivity index (χ0n) is 8.67. The lowest BCUT2D eigenvalue weighted by atomic mass is 10.1. The predicted molar refractivity (Wildman–Crippen MR) is 68.8 cm³/mol. The summed E-state index contributed by atoms with van der Waals surface area (Å²) in [6.45, 7) is 2.00. The van der Waals surface area contributed by atoms with Gasteiger partial charge in [-0.25, -0.2) is 4.98 Å². The normalized spacial score (nSPS) is 10.4. The van der Waals surface area contributed by atoms with Crippen LogP contribution in [0.1, 0.15) is 5.56 Å². The van der Waals surface area contributed by atoms with Crippen LogP contribution in [-0.2, 0) is 0 Å². The van der Waals surface area contributed by atoms with Crippen LogP contribution in [0.5, 0.6) is 0 Å². The lowest BCUT2D eigenvalue weighted by Gasteiger charge is -2.08. The lowest BCUT2D eigenvalue weighted by molar-refractivity contribution is 1.31. The standard InChI is InChI=1S/C12H10Cl2N2/c1-7-4-2-3-5-8(7)11-9(13)6-10(14)12(15)16-11/h2-6H,1H3,(H2,15,16). The highest BCUT2D eigenvalue weighted by molar-refractivity contribution is 6.37. The first-order valence-corrected chi connectivity index (χ1v) is 5.52. The van der Waals surface area contributed by atoms with Crippen molar-refractivity contribution in [1.82, 2.24) is 4.98 Å². The summed E-state index contributed by atoms with van der Waals surface area (Å²) in [5.74, 6) is 0.296. The predicted octanol–water partition coefficient (Wildman–Crippen LogP) is 3.95. The summed E-state index contributed by atoms with van der Waals surface area (Å²) in [7, 11) is 0. The summed E-state index contributed by atoms with van der Waals surface area (Å²) in [4.78, 5) is 4.22. The van der Waals surface area contributed by atoms with Gasteiger partial charge in [-0.2, -0.15) is 0 Å². The molecule has 0 aliphatic carbocycles. The highest BCUT2D eigenvalue weighted by Gasteiger charge is 2.10. The minimum absolute atomic E-state index is 0.296. The number of nitrogens with zero attached hydrogens (tertiary/aromatic N) is 1. The average molecular weight is 253 g/mol. The van der Waals surface area contributed by atoms with Crippen molar-refractivity contribution in [2.24, 2.45) is 0 Å². The zero-order chi connectivity index (χ0) is 11.7. The Kier molecular flexibility index (Phi) is 3.03. The molecular weight excluding hydrogens is 243 g/mol. The molecule has 0 fully saturated rings.